The molecule has 1 aromatic carbocycles. The average molecular weight is 435 g/mol. The highest BCUT2D eigenvalue weighted by atomic mass is 32.2. The molecule has 0 aromatic heterocycles. The van der Waals surface area contributed by atoms with Crippen LogP contribution in [-0.4, -0.2) is 58.2 Å². The second kappa shape index (κ2) is 7.50. The van der Waals surface area contributed by atoms with Crippen LogP contribution in [0.2, 0.25) is 0 Å². The Labute approximate surface area is 178 Å². The SMILES string of the molecule is COc1ccc(S(=O)(=O)NC23CC4CC(CC(C4)C2)C3)cc1C(=O)N1CCOCC1. The predicted molar refractivity (Wildman–Crippen MR) is 111 cm³/mol. The summed E-state index contributed by atoms with van der Waals surface area (Å²) in [5.41, 5.74) is -0.0326. The van der Waals surface area contributed by atoms with Crippen molar-refractivity contribution in [1.29, 1.82) is 0 Å². The fourth-order valence-corrected chi connectivity index (χ4v) is 8.00. The molecule has 1 heterocycles. The molecule has 1 N–H and O–H groups in total. The molecular formula is C22H30N2O5S. The lowest BCUT2D eigenvalue weighted by Gasteiger charge is -2.56. The highest BCUT2D eigenvalue weighted by molar-refractivity contribution is 7.89. The van der Waals surface area contributed by atoms with E-state index in [1.54, 1.807) is 11.0 Å². The van der Waals surface area contributed by atoms with Crippen LogP contribution < -0.4 is 9.46 Å². The molecule has 4 bridgehead atoms. The Hall–Kier alpha value is -1.64. The number of carbonyl (C=O) groups excluding carboxylic acids is 1. The van der Waals surface area contributed by atoms with Gasteiger partial charge in [0.1, 0.15) is 5.75 Å². The zero-order valence-electron chi connectivity index (χ0n) is 17.4. The first-order chi connectivity index (χ1) is 14.4. The molecule has 1 aromatic rings. The van der Waals surface area contributed by atoms with Gasteiger partial charge in [0.05, 0.1) is 30.8 Å². The summed E-state index contributed by atoms with van der Waals surface area (Å²) >= 11 is 0. The van der Waals surface area contributed by atoms with E-state index in [2.05, 4.69) is 4.72 Å². The van der Waals surface area contributed by atoms with Crippen molar-refractivity contribution in [2.75, 3.05) is 33.4 Å². The van der Waals surface area contributed by atoms with E-state index in [-0.39, 0.29) is 21.9 Å². The lowest BCUT2D eigenvalue weighted by Crippen LogP contribution is -2.59. The van der Waals surface area contributed by atoms with Gasteiger partial charge >= 0.3 is 0 Å². The van der Waals surface area contributed by atoms with Crippen molar-refractivity contribution in [3.63, 3.8) is 0 Å². The summed E-state index contributed by atoms with van der Waals surface area (Å²) in [4.78, 5) is 14.9. The first-order valence-electron chi connectivity index (χ1n) is 11.0. The molecule has 30 heavy (non-hydrogen) atoms. The standard InChI is InChI=1S/C22H30N2O5S/c1-28-20-3-2-18(11-19(20)21(25)24-4-6-29-7-5-24)30(26,27)23-22-12-15-8-16(13-22)10-17(9-15)14-22/h2-3,11,15-17,23H,4-10,12-14H2,1H3. The number of morpholine rings is 1. The number of nitrogens with zero attached hydrogens (tertiary/aromatic N) is 1. The zero-order chi connectivity index (χ0) is 20.9. The first-order valence-corrected chi connectivity index (χ1v) is 12.4. The van der Waals surface area contributed by atoms with Gasteiger partial charge in [-0.2, -0.15) is 0 Å². The third kappa shape index (κ3) is 3.63. The highest BCUT2D eigenvalue weighted by Crippen LogP contribution is 2.56. The zero-order valence-corrected chi connectivity index (χ0v) is 18.2. The number of hydrogen-bond acceptors (Lipinski definition) is 5. The molecule has 1 amide bonds. The normalized spacial score (nSPS) is 33.0. The molecule has 1 saturated heterocycles. The monoisotopic (exact) mass is 434 g/mol. The maximum Gasteiger partial charge on any atom is 0.257 e. The third-order valence-corrected chi connectivity index (χ3v) is 8.98. The van der Waals surface area contributed by atoms with E-state index in [4.69, 9.17) is 9.47 Å². The van der Waals surface area contributed by atoms with E-state index >= 15 is 0 Å². The second-order valence-corrected chi connectivity index (χ2v) is 11.3. The van der Waals surface area contributed by atoms with Crippen LogP contribution >= 0.6 is 0 Å². The summed E-state index contributed by atoms with van der Waals surface area (Å²) in [7, 11) is -2.24. The van der Waals surface area contributed by atoms with Crippen LogP contribution in [0.3, 0.4) is 0 Å². The number of sulfonamides is 1. The van der Waals surface area contributed by atoms with E-state index in [9.17, 15) is 13.2 Å². The van der Waals surface area contributed by atoms with Gasteiger partial charge in [0.2, 0.25) is 10.0 Å². The number of ether oxygens (including phenoxy) is 2. The third-order valence-electron chi connectivity index (χ3n) is 7.40. The number of methoxy groups -OCH3 is 1. The Kier molecular flexibility index (Phi) is 5.07. The molecule has 0 atom stereocenters. The molecular weight excluding hydrogens is 404 g/mol. The van der Waals surface area contributed by atoms with Gasteiger partial charge in [-0.1, -0.05) is 0 Å². The summed E-state index contributed by atoms with van der Waals surface area (Å²) in [6.07, 6.45) is 6.57. The minimum Gasteiger partial charge on any atom is -0.496 e. The molecule has 1 aliphatic heterocycles. The van der Waals surface area contributed by atoms with Crippen molar-refractivity contribution in [1.82, 2.24) is 9.62 Å². The van der Waals surface area contributed by atoms with Gasteiger partial charge in [-0.25, -0.2) is 13.1 Å². The predicted octanol–water partition coefficient (Wildman–Crippen LogP) is 2.41. The van der Waals surface area contributed by atoms with Crippen LogP contribution in [0.15, 0.2) is 23.1 Å². The Morgan fingerprint density at radius 1 is 1.10 bits per heavy atom. The summed E-state index contributed by atoms with van der Waals surface area (Å²) < 4.78 is 40.5. The van der Waals surface area contributed by atoms with E-state index < -0.39 is 10.0 Å². The maximum absolute atomic E-state index is 13.4. The maximum atomic E-state index is 13.4. The van der Waals surface area contributed by atoms with Gasteiger partial charge < -0.3 is 14.4 Å². The second-order valence-electron chi connectivity index (χ2n) is 9.57. The highest BCUT2D eigenvalue weighted by Gasteiger charge is 2.52. The van der Waals surface area contributed by atoms with Crippen molar-refractivity contribution in [2.24, 2.45) is 17.8 Å². The average Bonchev–Trinajstić information content (AvgIpc) is 2.71. The lowest BCUT2D eigenvalue weighted by atomic mass is 9.53. The number of benzene rings is 1. The van der Waals surface area contributed by atoms with Gasteiger partial charge in [-0.3, -0.25) is 4.79 Å². The summed E-state index contributed by atoms with van der Waals surface area (Å²) in [5.74, 6) is 2.11. The number of hydrogen-bond donors (Lipinski definition) is 1. The van der Waals surface area contributed by atoms with Crippen molar-refractivity contribution >= 4 is 15.9 Å². The van der Waals surface area contributed by atoms with E-state index in [0.717, 1.165) is 19.3 Å². The Morgan fingerprint density at radius 3 is 2.27 bits per heavy atom. The van der Waals surface area contributed by atoms with Crippen molar-refractivity contribution in [3.8, 4) is 5.75 Å². The molecule has 5 fully saturated rings. The topological polar surface area (TPSA) is 84.9 Å². The van der Waals surface area contributed by atoms with Gasteiger partial charge in [-0.15, -0.1) is 0 Å². The van der Waals surface area contributed by atoms with Gasteiger partial charge in [0.25, 0.3) is 5.91 Å². The smallest absolute Gasteiger partial charge is 0.257 e. The van der Waals surface area contributed by atoms with Gasteiger partial charge in [-0.05, 0) is 74.5 Å². The van der Waals surface area contributed by atoms with Crippen LogP contribution in [0.1, 0.15) is 48.9 Å². The van der Waals surface area contributed by atoms with Gasteiger partial charge in [0, 0.05) is 18.6 Å². The number of amides is 1. The minimum atomic E-state index is -3.74. The first kappa shape index (κ1) is 20.3. The fourth-order valence-electron chi connectivity index (χ4n) is 6.54. The van der Waals surface area contributed by atoms with Crippen LogP contribution in [0.25, 0.3) is 0 Å². The molecule has 5 aliphatic rings. The van der Waals surface area contributed by atoms with Gasteiger partial charge in [0.15, 0.2) is 0 Å². The molecule has 0 unspecified atom stereocenters. The Morgan fingerprint density at radius 2 is 1.70 bits per heavy atom. The van der Waals surface area contributed by atoms with Crippen molar-refractivity contribution in [2.45, 2.75) is 49.0 Å². The quantitative estimate of drug-likeness (QED) is 0.769. The van der Waals surface area contributed by atoms with Crippen LogP contribution in [0.5, 0.6) is 5.75 Å². The summed E-state index contributed by atoms with van der Waals surface area (Å²) in [6.45, 7) is 1.95. The Bertz CT molecular complexity index is 904. The molecule has 4 saturated carbocycles. The van der Waals surface area contributed by atoms with Crippen molar-refractivity contribution < 1.29 is 22.7 Å². The van der Waals surface area contributed by atoms with E-state index in [1.165, 1.54) is 38.5 Å². The lowest BCUT2D eigenvalue weighted by molar-refractivity contribution is -0.00810. The number of carbonyl (C=O) groups is 1. The van der Waals surface area contributed by atoms with Crippen LogP contribution in [0, 0.1) is 17.8 Å². The summed E-state index contributed by atoms with van der Waals surface area (Å²) in [5, 5.41) is 0. The molecule has 0 radical (unpaired) electrons. The molecule has 8 heteroatoms. The van der Waals surface area contributed by atoms with E-state index in [0.29, 0.717) is 49.8 Å². The molecule has 6 rings (SSSR count). The molecule has 164 valence electrons. The largest absolute Gasteiger partial charge is 0.496 e. The number of rotatable bonds is 5. The minimum absolute atomic E-state index is 0.135. The van der Waals surface area contributed by atoms with E-state index in [1.807, 2.05) is 0 Å². The summed E-state index contributed by atoms with van der Waals surface area (Å²) in [6, 6.07) is 4.60. The van der Waals surface area contributed by atoms with Crippen LogP contribution in [0.4, 0.5) is 0 Å². The molecule has 0 spiro atoms. The fraction of sp³-hybridized carbons (Fsp3) is 0.682. The molecule has 7 nitrogen and oxygen atoms in total. The number of nitrogens with one attached hydrogen (secondary N) is 1. The Balaban J connectivity index is 1.42. The molecule has 4 aliphatic carbocycles. The van der Waals surface area contributed by atoms with Crippen LogP contribution in [-0.2, 0) is 14.8 Å². The van der Waals surface area contributed by atoms with Crippen molar-refractivity contribution in [3.05, 3.63) is 23.8 Å².